The van der Waals surface area contributed by atoms with E-state index in [1.165, 1.54) is 5.56 Å². The molecule has 0 aliphatic rings. The standard InChI is InChI=1S/C16H17N4/c1-2-3-9-15-17-10-14-16(19-15)20(12-18-14)11-13-7-5-4-6-8-13/h4-8,12H,2-3,9,11H2,1H3. The molecule has 0 aliphatic heterocycles. The van der Waals surface area contributed by atoms with Crippen molar-refractivity contribution in [2.24, 2.45) is 0 Å². The average molecular weight is 265 g/mol. The minimum absolute atomic E-state index is 0.737. The number of aromatic nitrogens is 4. The molecule has 0 fully saturated rings. The van der Waals surface area contributed by atoms with Crippen LogP contribution in [-0.2, 0) is 13.0 Å². The highest BCUT2D eigenvalue weighted by Crippen LogP contribution is 2.12. The number of nitrogens with zero attached hydrogens (tertiary/aromatic N) is 4. The van der Waals surface area contributed by atoms with Crippen molar-refractivity contribution in [3.05, 3.63) is 54.2 Å². The predicted molar refractivity (Wildman–Crippen MR) is 78.3 cm³/mol. The van der Waals surface area contributed by atoms with Crippen LogP contribution in [0.3, 0.4) is 0 Å². The SMILES string of the molecule is CCCCc1n[c]c2ncn(Cc3ccccc3)c2n1. The number of hydrogen-bond acceptors (Lipinski definition) is 3. The first-order valence-corrected chi connectivity index (χ1v) is 7.00. The van der Waals surface area contributed by atoms with Crippen molar-refractivity contribution in [3.63, 3.8) is 0 Å². The maximum atomic E-state index is 4.63. The van der Waals surface area contributed by atoms with Gasteiger partial charge in [-0.05, 0) is 12.0 Å². The number of imidazole rings is 1. The third-order valence-electron chi connectivity index (χ3n) is 3.29. The summed E-state index contributed by atoms with van der Waals surface area (Å²) in [5, 5.41) is 0. The van der Waals surface area contributed by atoms with Crippen LogP contribution in [0.4, 0.5) is 0 Å². The molecule has 0 saturated heterocycles. The summed E-state index contributed by atoms with van der Waals surface area (Å²) in [6, 6.07) is 10.3. The molecule has 0 amide bonds. The maximum Gasteiger partial charge on any atom is 0.164 e. The third kappa shape index (κ3) is 2.69. The summed E-state index contributed by atoms with van der Waals surface area (Å²) in [5.41, 5.74) is 2.84. The van der Waals surface area contributed by atoms with Gasteiger partial charge in [-0.15, -0.1) is 0 Å². The summed E-state index contributed by atoms with van der Waals surface area (Å²) >= 11 is 0. The van der Waals surface area contributed by atoms with Crippen LogP contribution >= 0.6 is 0 Å². The molecule has 2 heterocycles. The highest BCUT2D eigenvalue weighted by atomic mass is 15.1. The molecule has 3 rings (SSSR count). The van der Waals surface area contributed by atoms with Gasteiger partial charge in [-0.1, -0.05) is 43.7 Å². The van der Waals surface area contributed by atoms with Crippen molar-refractivity contribution in [3.8, 4) is 0 Å². The summed E-state index contributed by atoms with van der Waals surface area (Å²) in [4.78, 5) is 13.2. The van der Waals surface area contributed by atoms with Gasteiger partial charge >= 0.3 is 0 Å². The van der Waals surface area contributed by atoms with Crippen LogP contribution in [0, 0.1) is 6.20 Å². The molecule has 0 aliphatic carbocycles. The second kappa shape index (κ2) is 5.82. The molecular weight excluding hydrogens is 248 g/mol. The molecule has 0 bridgehead atoms. The second-order valence-electron chi connectivity index (χ2n) is 4.89. The van der Waals surface area contributed by atoms with Crippen LogP contribution in [0.5, 0.6) is 0 Å². The molecule has 0 atom stereocenters. The van der Waals surface area contributed by atoms with Crippen LogP contribution in [0.1, 0.15) is 31.2 Å². The Hall–Kier alpha value is -2.23. The highest BCUT2D eigenvalue weighted by Gasteiger charge is 2.07. The van der Waals surface area contributed by atoms with Crippen LogP contribution in [0.25, 0.3) is 11.2 Å². The first kappa shape index (κ1) is 12.8. The van der Waals surface area contributed by atoms with Gasteiger partial charge in [-0.2, -0.15) is 0 Å². The van der Waals surface area contributed by atoms with Gasteiger partial charge in [-0.3, -0.25) is 0 Å². The summed E-state index contributed by atoms with van der Waals surface area (Å²) in [5.74, 6) is 0.856. The van der Waals surface area contributed by atoms with Gasteiger partial charge in [0, 0.05) is 6.42 Å². The number of hydrogen-bond donors (Lipinski definition) is 0. The number of fused-ring (bicyclic) bond motifs is 1. The van der Waals surface area contributed by atoms with E-state index in [2.05, 4.69) is 44.8 Å². The van der Waals surface area contributed by atoms with Gasteiger partial charge < -0.3 is 4.57 Å². The molecule has 0 saturated carbocycles. The van der Waals surface area contributed by atoms with E-state index in [1.54, 1.807) is 0 Å². The van der Waals surface area contributed by atoms with Crippen molar-refractivity contribution in [1.29, 1.82) is 0 Å². The molecule has 2 aromatic heterocycles. The van der Waals surface area contributed by atoms with E-state index >= 15 is 0 Å². The van der Waals surface area contributed by atoms with E-state index in [4.69, 9.17) is 0 Å². The minimum Gasteiger partial charge on any atom is -0.311 e. The average Bonchev–Trinajstić information content (AvgIpc) is 2.89. The molecule has 1 aromatic carbocycles. The number of benzene rings is 1. The lowest BCUT2D eigenvalue weighted by molar-refractivity contribution is 0.747. The van der Waals surface area contributed by atoms with Crippen molar-refractivity contribution < 1.29 is 0 Å². The number of rotatable bonds is 5. The summed E-state index contributed by atoms with van der Waals surface area (Å²) in [7, 11) is 0. The van der Waals surface area contributed by atoms with E-state index in [1.807, 2.05) is 24.5 Å². The van der Waals surface area contributed by atoms with E-state index < -0.39 is 0 Å². The van der Waals surface area contributed by atoms with Crippen molar-refractivity contribution >= 4 is 11.2 Å². The fourth-order valence-electron chi connectivity index (χ4n) is 2.18. The van der Waals surface area contributed by atoms with E-state index in [0.717, 1.165) is 42.8 Å². The van der Waals surface area contributed by atoms with Crippen molar-refractivity contribution in [2.75, 3.05) is 0 Å². The minimum atomic E-state index is 0.737. The van der Waals surface area contributed by atoms with Gasteiger partial charge in [-0.25, -0.2) is 15.0 Å². The molecule has 4 heteroatoms. The van der Waals surface area contributed by atoms with Crippen LogP contribution in [0.15, 0.2) is 36.7 Å². The summed E-state index contributed by atoms with van der Waals surface area (Å²) in [6.45, 7) is 2.94. The molecule has 0 N–H and O–H groups in total. The van der Waals surface area contributed by atoms with E-state index in [9.17, 15) is 0 Å². The zero-order chi connectivity index (χ0) is 13.8. The lowest BCUT2D eigenvalue weighted by Gasteiger charge is -2.04. The van der Waals surface area contributed by atoms with E-state index in [0.29, 0.717) is 0 Å². The third-order valence-corrected chi connectivity index (χ3v) is 3.29. The van der Waals surface area contributed by atoms with Gasteiger partial charge in [0.1, 0.15) is 17.5 Å². The smallest absolute Gasteiger partial charge is 0.164 e. The Morgan fingerprint density at radius 1 is 1.20 bits per heavy atom. The Morgan fingerprint density at radius 3 is 2.85 bits per heavy atom. The molecule has 0 spiro atoms. The maximum absolute atomic E-state index is 4.63. The summed E-state index contributed by atoms with van der Waals surface area (Å²) in [6.07, 6.45) is 7.95. The van der Waals surface area contributed by atoms with Gasteiger partial charge in [0.15, 0.2) is 5.65 Å². The number of unbranched alkanes of at least 4 members (excludes halogenated alkanes) is 1. The predicted octanol–water partition coefficient (Wildman–Crippen LogP) is 3.02. The van der Waals surface area contributed by atoms with Crippen molar-refractivity contribution in [2.45, 2.75) is 32.7 Å². The quantitative estimate of drug-likeness (QED) is 0.712. The zero-order valence-electron chi connectivity index (χ0n) is 11.6. The lowest BCUT2D eigenvalue weighted by Crippen LogP contribution is -2.02. The Balaban J connectivity index is 1.90. The van der Waals surface area contributed by atoms with Crippen LogP contribution in [-0.4, -0.2) is 19.5 Å². The monoisotopic (exact) mass is 265 g/mol. The Morgan fingerprint density at radius 2 is 2.05 bits per heavy atom. The van der Waals surface area contributed by atoms with E-state index in [-0.39, 0.29) is 0 Å². The van der Waals surface area contributed by atoms with Gasteiger partial charge in [0.05, 0.1) is 12.9 Å². The normalized spacial score (nSPS) is 11.1. The molecule has 0 unspecified atom stereocenters. The lowest BCUT2D eigenvalue weighted by atomic mass is 10.2. The Kier molecular flexibility index (Phi) is 3.72. The molecule has 3 aromatic rings. The summed E-state index contributed by atoms with van der Waals surface area (Å²) < 4.78 is 2.05. The van der Waals surface area contributed by atoms with Crippen LogP contribution in [0.2, 0.25) is 0 Å². The van der Waals surface area contributed by atoms with Gasteiger partial charge in [0.25, 0.3) is 0 Å². The molecule has 4 nitrogen and oxygen atoms in total. The molecular formula is C16H17N4. The highest BCUT2D eigenvalue weighted by molar-refractivity contribution is 5.68. The molecule has 1 radical (unpaired) electrons. The molecule has 101 valence electrons. The first-order valence-electron chi connectivity index (χ1n) is 7.00. The largest absolute Gasteiger partial charge is 0.311 e. The topological polar surface area (TPSA) is 43.6 Å². The zero-order valence-corrected chi connectivity index (χ0v) is 11.6. The second-order valence-corrected chi connectivity index (χ2v) is 4.89. The van der Waals surface area contributed by atoms with Crippen LogP contribution < -0.4 is 0 Å². The molecule has 20 heavy (non-hydrogen) atoms. The fraction of sp³-hybridized carbons (Fsp3) is 0.312. The van der Waals surface area contributed by atoms with Gasteiger partial charge in [0.2, 0.25) is 0 Å². The fourth-order valence-corrected chi connectivity index (χ4v) is 2.18. The Labute approximate surface area is 118 Å². The Bertz CT molecular complexity index is 688. The van der Waals surface area contributed by atoms with Crippen molar-refractivity contribution in [1.82, 2.24) is 19.5 Å². The number of aryl methyl sites for hydroxylation is 1. The first-order chi connectivity index (χ1) is 9.86.